The smallest absolute Gasteiger partial charge is 0.311 e. The Labute approximate surface area is 112 Å². The summed E-state index contributed by atoms with van der Waals surface area (Å²) in [6, 6.07) is 0. The Hall–Kier alpha value is -1.70. The van der Waals surface area contributed by atoms with E-state index in [0.717, 1.165) is 6.20 Å². The second kappa shape index (κ2) is 6.29. The lowest BCUT2D eigenvalue weighted by Crippen LogP contribution is -2.27. The van der Waals surface area contributed by atoms with Gasteiger partial charge in [-0.3, -0.25) is 19.9 Å². The third-order valence-electron chi connectivity index (χ3n) is 2.34. The summed E-state index contributed by atoms with van der Waals surface area (Å²) < 4.78 is 0.476. The number of nitrogens with zero attached hydrogens (tertiary/aromatic N) is 3. The first-order valence-electron chi connectivity index (χ1n) is 5.22. The quantitative estimate of drug-likeness (QED) is 0.637. The molecule has 7 nitrogen and oxygen atoms in total. The van der Waals surface area contributed by atoms with Crippen LogP contribution in [0.1, 0.15) is 13.3 Å². The van der Waals surface area contributed by atoms with Crippen LogP contribution >= 0.6 is 15.9 Å². The minimum absolute atomic E-state index is 0.0836. The van der Waals surface area contributed by atoms with Gasteiger partial charge in [-0.15, -0.1) is 0 Å². The van der Waals surface area contributed by atoms with Crippen molar-refractivity contribution in [2.24, 2.45) is 0 Å². The van der Waals surface area contributed by atoms with E-state index in [1.165, 1.54) is 6.20 Å². The molecule has 1 N–H and O–H groups in total. The number of rotatable bonds is 6. The van der Waals surface area contributed by atoms with E-state index in [4.69, 9.17) is 5.11 Å². The largest absolute Gasteiger partial charge is 0.481 e. The first-order valence-corrected chi connectivity index (χ1v) is 6.01. The summed E-state index contributed by atoms with van der Waals surface area (Å²) in [5, 5.41) is 19.6. The van der Waals surface area contributed by atoms with Gasteiger partial charge in [0.15, 0.2) is 0 Å². The lowest BCUT2D eigenvalue weighted by molar-refractivity contribution is -0.384. The van der Waals surface area contributed by atoms with E-state index >= 15 is 0 Å². The number of carbonyl (C=O) groups is 1. The van der Waals surface area contributed by atoms with Crippen LogP contribution in [-0.4, -0.2) is 34.1 Å². The van der Waals surface area contributed by atoms with E-state index in [-0.39, 0.29) is 18.7 Å². The van der Waals surface area contributed by atoms with Crippen molar-refractivity contribution in [1.29, 1.82) is 0 Å². The van der Waals surface area contributed by atoms with Crippen molar-refractivity contribution in [3.63, 3.8) is 0 Å². The molecular formula is C10H12BrN3O4. The van der Waals surface area contributed by atoms with E-state index in [1.807, 2.05) is 0 Å². The molecular weight excluding hydrogens is 306 g/mol. The highest BCUT2D eigenvalue weighted by Gasteiger charge is 2.22. The van der Waals surface area contributed by atoms with Crippen LogP contribution in [0, 0.1) is 10.1 Å². The molecule has 98 valence electrons. The Morgan fingerprint density at radius 3 is 2.78 bits per heavy atom. The minimum Gasteiger partial charge on any atom is -0.481 e. The zero-order chi connectivity index (χ0) is 13.7. The van der Waals surface area contributed by atoms with Crippen LogP contribution in [0.25, 0.3) is 0 Å². The van der Waals surface area contributed by atoms with Crippen LogP contribution in [0.4, 0.5) is 11.4 Å². The molecule has 0 aliphatic carbocycles. The summed E-state index contributed by atoms with van der Waals surface area (Å²) in [5.41, 5.74) is 0.218. The number of anilines is 1. The van der Waals surface area contributed by atoms with Gasteiger partial charge in [-0.05, 0) is 22.9 Å². The van der Waals surface area contributed by atoms with Crippen LogP contribution in [-0.2, 0) is 4.79 Å². The van der Waals surface area contributed by atoms with Crippen LogP contribution in [0.15, 0.2) is 16.9 Å². The molecule has 0 spiro atoms. The number of hydrogen-bond acceptors (Lipinski definition) is 5. The predicted octanol–water partition coefficient (Wildman–Crippen LogP) is 2.05. The van der Waals surface area contributed by atoms with Gasteiger partial charge in [-0.2, -0.15) is 0 Å². The van der Waals surface area contributed by atoms with Gasteiger partial charge in [-0.25, -0.2) is 0 Å². The third-order valence-corrected chi connectivity index (χ3v) is 2.92. The first kappa shape index (κ1) is 14.4. The molecule has 0 bridgehead atoms. The molecule has 0 fully saturated rings. The Balaban J connectivity index is 3.11. The standard InChI is InChI=1S/C10H12BrN3O4/c1-2-13(4-3-9(15)16)10-7(11)5-12-6-8(10)14(17)18/h5-6H,2-4H2,1H3,(H,15,16). The van der Waals surface area contributed by atoms with E-state index in [9.17, 15) is 14.9 Å². The molecule has 1 heterocycles. The van der Waals surface area contributed by atoms with Crippen molar-refractivity contribution in [1.82, 2.24) is 4.98 Å². The molecule has 8 heteroatoms. The number of hydrogen-bond donors (Lipinski definition) is 1. The summed E-state index contributed by atoms with van der Waals surface area (Å²) in [4.78, 5) is 26.4. The molecule has 0 aliphatic rings. The van der Waals surface area contributed by atoms with Crippen molar-refractivity contribution in [3.8, 4) is 0 Å². The molecule has 0 aliphatic heterocycles. The average molecular weight is 318 g/mol. The molecule has 0 saturated carbocycles. The van der Waals surface area contributed by atoms with Gasteiger partial charge in [0, 0.05) is 19.3 Å². The molecule has 18 heavy (non-hydrogen) atoms. The van der Waals surface area contributed by atoms with E-state index in [0.29, 0.717) is 16.7 Å². The summed E-state index contributed by atoms with van der Waals surface area (Å²) in [7, 11) is 0. The molecule has 0 radical (unpaired) electrons. The average Bonchev–Trinajstić information content (AvgIpc) is 2.30. The highest BCUT2D eigenvalue weighted by molar-refractivity contribution is 9.10. The fraction of sp³-hybridized carbons (Fsp3) is 0.400. The second-order valence-corrected chi connectivity index (χ2v) is 4.32. The lowest BCUT2D eigenvalue weighted by Gasteiger charge is -2.22. The number of pyridine rings is 1. The number of nitro groups is 1. The molecule has 0 unspecified atom stereocenters. The highest BCUT2D eigenvalue weighted by Crippen LogP contribution is 2.34. The highest BCUT2D eigenvalue weighted by atomic mass is 79.9. The monoisotopic (exact) mass is 317 g/mol. The van der Waals surface area contributed by atoms with Crippen molar-refractivity contribution in [2.75, 3.05) is 18.0 Å². The van der Waals surface area contributed by atoms with Crippen molar-refractivity contribution in [3.05, 3.63) is 27.0 Å². The van der Waals surface area contributed by atoms with Crippen molar-refractivity contribution < 1.29 is 14.8 Å². The van der Waals surface area contributed by atoms with Gasteiger partial charge >= 0.3 is 11.7 Å². The SMILES string of the molecule is CCN(CCC(=O)O)c1c(Br)cncc1[N+](=O)[O-]. The number of halogens is 1. The van der Waals surface area contributed by atoms with Crippen molar-refractivity contribution in [2.45, 2.75) is 13.3 Å². The summed E-state index contributed by atoms with van der Waals surface area (Å²) in [5.74, 6) is -0.943. The van der Waals surface area contributed by atoms with E-state index < -0.39 is 10.9 Å². The summed E-state index contributed by atoms with van der Waals surface area (Å²) in [6.45, 7) is 2.48. The topological polar surface area (TPSA) is 96.6 Å². The van der Waals surface area contributed by atoms with Gasteiger partial charge in [-0.1, -0.05) is 0 Å². The minimum atomic E-state index is -0.943. The molecule has 1 aromatic heterocycles. The van der Waals surface area contributed by atoms with Gasteiger partial charge in [0.05, 0.1) is 15.8 Å². The molecule has 1 aromatic rings. The lowest BCUT2D eigenvalue weighted by atomic mass is 10.3. The fourth-order valence-electron chi connectivity index (χ4n) is 1.52. The fourth-order valence-corrected chi connectivity index (χ4v) is 2.10. The van der Waals surface area contributed by atoms with E-state index in [1.54, 1.807) is 11.8 Å². The normalized spacial score (nSPS) is 10.1. The zero-order valence-corrected chi connectivity index (χ0v) is 11.3. The Kier molecular flexibility index (Phi) is 5.02. The zero-order valence-electron chi connectivity index (χ0n) is 9.67. The Morgan fingerprint density at radius 1 is 1.61 bits per heavy atom. The third kappa shape index (κ3) is 3.39. The second-order valence-electron chi connectivity index (χ2n) is 3.47. The number of aliphatic carboxylic acids is 1. The van der Waals surface area contributed by atoms with Crippen LogP contribution in [0.3, 0.4) is 0 Å². The molecule has 0 atom stereocenters. The van der Waals surface area contributed by atoms with Gasteiger partial charge in [0.1, 0.15) is 11.9 Å². The summed E-state index contributed by atoms with van der Waals surface area (Å²) in [6.07, 6.45) is 2.52. The Bertz CT molecular complexity index is 466. The van der Waals surface area contributed by atoms with Gasteiger partial charge < -0.3 is 10.0 Å². The van der Waals surface area contributed by atoms with Gasteiger partial charge in [0.25, 0.3) is 0 Å². The first-order chi connectivity index (χ1) is 8.47. The van der Waals surface area contributed by atoms with E-state index in [2.05, 4.69) is 20.9 Å². The molecule has 0 amide bonds. The number of aromatic nitrogens is 1. The maximum Gasteiger partial charge on any atom is 0.311 e. The molecule has 0 aromatic carbocycles. The van der Waals surface area contributed by atoms with Crippen LogP contribution < -0.4 is 4.90 Å². The van der Waals surface area contributed by atoms with Gasteiger partial charge in [0.2, 0.25) is 0 Å². The predicted molar refractivity (Wildman–Crippen MR) is 68.7 cm³/mol. The van der Waals surface area contributed by atoms with Crippen LogP contribution in [0.5, 0.6) is 0 Å². The van der Waals surface area contributed by atoms with Crippen LogP contribution in [0.2, 0.25) is 0 Å². The molecule has 0 saturated heterocycles. The Morgan fingerprint density at radius 2 is 2.28 bits per heavy atom. The van der Waals surface area contributed by atoms with Crippen molar-refractivity contribution >= 4 is 33.3 Å². The maximum absolute atomic E-state index is 10.9. The number of carboxylic acids is 1. The molecule has 1 rings (SSSR count). The maximum atomic E-state index is 10.9. The number of carboxylic acid groups (broad SMARTS) is 1. The summed E-state index contributed by atoms with van der Waals surface area (Å²) >= 11 is 3.21.